The summed E-state index contributed by atoms with van der Waals surface area (Å²) >= 11 is 0. The number of aryl methyl sites for hydroxylation is 1. The van der Waals surface area contributed by atoms with Crippen molar-refractivity contribution >= 4 is 28.0 Å². The van der Waals surface area contributed by atoms with Crippen LogP contribution in [-0.2, 0) is 0 Å². The smallest absolute Gasteiger partial charge is 0.152 e. The molecule has 0 aliphatic rings. The number of fused-ring (bicyclic) bond motifs is 1. The van der Waals surface area contributed by atoms with Crippen LogP contribution in [-0.4, -0.2) is 10.2 Å². The van der Waals surface area contributed by atoms with Gasteiger partial charge in [0.25, 0.3) is 0 Å². The minimum atomic E-state index is -0.669. The molecule has 0 aliphatic heterocycles. The van der Waals surface area contributed by atoms with Crippen LogP contribution >= 0.6 is 0 Å². The maximum atomic E-state index is 14.0. The molecule has 1 heterocycles. The van der Waals surface area contributed by atoms with E-state index in [1.54, 1.807) is 25.3 Å². The van der Waals surface area contributed by atoms with E-state index < -0.39 is 11.6 Å². The lowest BCUT2D eigenvalue weighted by molar-refractivity contribution is 0.585. The molecule has 4 nitrogen and oxygen atoms in total. The monoisotopic (exact) mass is 274 g/mol. The van der Waals surface area contributed by atoms with Crippen LogP contribution in [0.4, 0.5) is 25.8 Å². The number of hydrogen-bond acceptors (Lipinski definition) is 3. The molecule has 6 heteroatoms. The molecule has 3 rings (SSSR count). The second-order valence-electron chi connectivity index (χ2n) is 4.57. The van der Waals surface area contributed by atoms with Crippen molar-refractivity contribution < 1.29 is 8.78 Å². The lowest BCUT2D eigenvalue weighted by atomic mass is 10.1. The molecule has 0 fully saturated rings. The molecule has 1 aromatic heterocycles. The second-order valence-corrected chi connectivity index (χ2v) is 4.57. The van der Waals surface area contributed by atoms with Crippen LogP contribution in [0.1, 0.15) is 5.56 Å². The molecule has 0 aliphatic carbocycles. The van der Waals surface area contributed by atoms with Gasteiger partial charge in [0.1, 0.15) is 11.5 Å². The molecule has 3 aromatic rings. The summed E-state index contributed by atoms with van der Waals surface area (Å²) in [7, 11) is 0. The van der Waals surface area contributed by atoms with Gasteiger partial charge in [-0.05, 0) is 30.7 Å². The number of nitrogens with zero attached hydrogens (tertiary/aromatic N) is 1. The van der Waals surface area contributed by atoms with Crippen LogP contribution in [0, 0.1) is 18.6 Å². The summed E-state index contributed by atoms with van der Waals surface area (Å²) in [6.45, 7) is 1.57. The van der Waals surface area contributed by atoms with Gasteiger partial charge >= 0.3 is 0 Å². The van der Waals surface area contributed by atoms with Crippen molar-refractivity contribution in [2.75, 3.05) is 11.1 Å². The third-order valence-corrected chi connectivity index (χ3v) is 3.15. The van der Waals surface area contributed by atoms with E-state index in [-0.39, 0.29) is 5.69 Å². The Hall–Kier alpha value is -2.63. The van der Waals surface area contributed by atoms with Gasteiger partial charge in [0.05, 0.1) is 23.1 Å². The lowest BCUT2D eigenvalue weighted by Crippen LogP contribution is -2.02. The van der Waals surface area contributed by atoms with Gasteiger partial charge < -0.3 is 11.1 Å². The molecule has 2 aromatic carbocycles. The van der Waals surface area contributed by atoms with E-state index in [1.165, 1.54) is 12.1 Å². The quantitative estimate of drug-likeness (QED) is 0.627. The number of rotatable bonds is 2. The first kappa shape index (κ1) is 12.4. The van der Waals surface area contributed by atoms with E-state index in [0.29, 0.717) is 16.9 Å². The maximum Gasteiger partial charge on any atom is 0.152 e. The number of aromatic nitrogens is 2. The Balaban J connectivity index is 2.09. The number of nitrogens with two attached hydrogens (primary N) is 1. The van der Waals surface area contributed by atoms with E-state index in [4.69, 9.17) is 5.73 Å². The van der Waals surface area contributed by atoms with Gasteiger partial charge in [-0.25, -0.2) is 8.78 Å². The largest absolute Gasteiger partial charge is 0.397 e. The van der Waals surface area contributed by atoms with Crippen LogP contribution in [0.5, 0.6) is 0 Å². The first-order chi connectivity index (χ1) is 9.56. The van der Waals surface area contributed by atoms with Gasteiger partial charge in [-0.2, -0.15) is 5.10 Å². The predicted molar refractivity (Wildman–Crippen MR) is 74.9 cm³/mol. The summed E-state index contributed by atoms with van der Waals surface area (Å²) in [6, 6.07) is 5.95. The van der Waals surface area contributed by atoms with Crippen LogP contribution in [0.25, 0.3) is 10.9 Å². The lowest BCUT2D eigenvalue weighted by Gasteiger charge is -2.12. The molecular weight excluding hydrogens is 262 g/mol. The molecule has 0 atom stereocenters. The molecule has 20 heavy (non-hydrogen) atoms. The predicted octanol–water partition coefficient (Wildman–Crippen LogP) is 3.48. The van der Waals surface area contributed by atoms with Crippen molar-refractivity contribution in [2.24, 2.45) is 0 Å². The highest BCUT2D eigenvalue weighted by atomic mass is 19.1. The van der Waals surface area contributed by atoms with Crippen LogP contribution < -0.4 is 11.1 Å². The summed E-state index contributed by atoms with van der Waals surface area (Å²) in [5.74, 6) is -1.30. The number of halogens is 2. The summed E-state index contributed by atoms with van der Waals surface area (Å²) in [4.78, 5) is 0. The van der Waals surface area contributed by atoms with E-state index in [2.05, 4.69) is 15.5 Å². The number of hydrogen-bond donors (Lipinski definition) is 3. The van der Waals surface area contributed by atoms with Crippen molar-refractivity contribution in [3.05, 3.63) is 47.7 Å². The molecular formula is C14H12F2N4. The zero-order valence-electron chi connectivity index (χ0n) is 10.7. The van der Waals surface area contributed by atoms with Gasteiger partial charge in [0, 0.05) is 5.39 Å². The second kappa shape index (κ2) is 4.48. The molecule has 102 valence electrons. The number of nitrogens with one attached hydrogen (secondary N) is 2. The zero-order chi connectivity index (χ0) is 14.3. The third-order valence-electron chi connectivity index (χ3n) is 3.15. The average Bonchev–Trinajstić information content (AvgIpc) is 2.86. The molecule has 0 spiro atoms. The molecule has 4 N–H and O–H groups in total. The summed E-state index contributed by atoms with van der Waals surface area (Å²) in [5, 5.41) is 10.2. The maximum absolute atomic E-state index is 14.0. The van der Waals surface area contributed by atoms with Crippen LogP contribution in [0.3, 0.4) is 0 Å². The Morgan fingerprint density at radius 2 is 2.05 bits per heavy atom. The Bertz CT molecular complexity index is 795. The highest BCUT2D eigenvalue weighted by Gasteiger charge is 2.13. The number of anilines is 3. The fourth-order valence-corrected chi connectivity index (χ4v) is 2.02. The molecule has 0 amide bonds. The van der Waals surface area contributed by atoms with Crippen molar-refractivity contribution in [1.82, 2.24) is 10.2 Å². The minimum Gasteiger partial charge on any atom is -0.397 e. The number of benzene rings is 2. The topological polar surface area (TPSA) is 66.7 Å². The Morgan fingerprint density at radius 3 is 2.85 bits per heavy atom. The highest BCUT2D eigenvalue weighted by molar-refractivity contribution is 5.90. The van der Waals surface area contributed by atoms with Crippen LogP contribution in [0.2, 0.25) is 0 Å². The third kappa shape index (κ3) is 1.95. The van der Waals surface area contributed by atoms with Crippen molar-refractivity contribution in [2.45, 2.75) is 6.92 Å². The molecule has 0 radical (unpaired) electrons. The van der Waals surface area contributed by atoms with E-state index in [9.17, 15) is 8.78 Å². The Labute approximate surface area is 113 Å². The van der Waals surface area contributed by atoms with Crippen molar-refractivity contribution in [1.29, 1.82) is 0 Å². The van der Waals surface area contributed by atoms with Gasteiger partial charge in [0.15, 0.2) is 5.82 Å². The summed E-state index contributed by atoms with van der Waals surface area (Å²) in [5.41, 5.74) is 7.57. The zero-order valence-corrected chi connectivity index (χ0v) is 10.7. The standard InChI is InChI=1S/C14H12F2N4/c1-7-2-3-9(15)14(13(7)16)19-12-5-11-8(4-10(12)17)6-18-20-11/h2-6,19H,17H2,1H3,(H,18,20). The van der Waals surface area contributed by atoms with Gasteiger partial charge in [-0.15, -0.1) is 0 Å². The first-order valence-corrected chi connectivity index (χ1v) is 6.00. The number of aromatic amines is 1. The van der Waals surface area contributed by atoms with Crippen molar-refractivity contribution in [3.63, 3.8) is 0 Å². The fourth-order valence-electron chi connectivity index (χ4n) is 2.02. The fraction of sp³-hybridized carbons (Fsp3) is 0.0714. The number of nitrogen functional groups attached to an aromatic ring is 1. The highest BCUT2D eigenvalue weighted by Crippen LogP contribution is 2.31. The minimum absolute atomic E-state index is 0.212. The van der Waals surface area contributed by atoms with Crippen LogP contribution in [0.15, 0.2) is 30.5 Å². The molecule has 0 saturated carbocycles. The van der Waals surface area contributed by atoms with Gasteiger partial charge in [-0.1, -0.05) is 6.07 Å². The molecule has 0 bridgehead atoms. The first-order valence-electron chi connectivity index (χ1n) is 6.00. The Morgan fingerprint density at radius 1 is 1.25 bits per heavy atom. The van der Waals surface area contributed by atoms with Crippen molar-refractivity contribution in [3.8, 4) is 0 Å². The Kier molecular flexibility index (Phi) is 2.78. The van der Waals surface area contributed by atoms with E-state index >= 15 is 0 Å². The summed E-state index contributed by atoms with van der Waals surface area (Å²) in [6.07, 6.45) is 1.63. The van der Waals surface area contributed by atoms with Gasteiger partial charge in [-0.3, -0.25) is 5.10 Å². The summed E-state index contributed by atoms with van der Waals surface area (Å²) < 4.78 is 27.7. The van der Waals surface area contributed by atoms with Gasteiger partial charge in [0.2, 0.25) is 0 Å². The molecule has 0 saturated heterocycles. The number of H-pyrrole nitrogens is 1. The SMILES string of the molecule is Cc1ccc(F)c(Nc2cc3[nH]ncc3cc2N)c1F. The van der Waals surface area contributed by atoms with E-state index in [0.717, 1.165) is 10.9 Å². The molecule has 0 unspecified atom stereocenters. The average molecular weight is 274 g/mol. The normalized spacial score (nSPS) is 10.9. The van der Waals surface area contributed by atoms with E-state index in [1.807, 2.05) is 0 Å².